The van der Waals surface area contributed by atoms with E-state index >= 15 is 0 Å². The summed E-state index contributed by atoms with van der Waals surface area (Å²) in [6.45, 7) is 1.63. The number of carbonyl (C=O) groups excluding carboxylic acids is 1. The minimum Gasteiger partial charge on any atom is -0.497 e. The van der Waals surface area contributed by atoms with Gasteiger partial charge in [-0.25, -0.2) is 4.98 Å². The molecule has 0 radical (unpaired) electrons. The van der Waals surface area contributed by atoms with Crippen LogP contribution in [0, 0.1) is 0 Å². The monoisotopic (exact) mass is 429 g/mol. The normalized spacial score (nSPS) is 12.7. The highest BCUT2D eigenvalue weighted by Crippen LogP contribution is 2.30. The zero-order valence-corrected chi connectivity index (χ0v) is 17.5. The van der Waals surface area contributed by atoms with Gasteiger partial charge in [0.1, 0.15) is 29.6 Å². The maximum atomic E-state index is 13.2. The van der Waals surface area contributed by atoms with Gasteiger partial charge in [0.2, 0.25) is 5.89 Å². The number of fused-ring (bicyclic) bond motifs is 1. The van der Waals surface area contributed by atoms with E-state index in [2.05, 4.69) is 4.98 Å². The van der Waals surface area contributed by atoms with E-state index in [4.69, 9.17) is 19.6 Å². The summed E-state index contributed by atoms with van der Waals surface area (Å²) in [5.41, 5.74) is 7.75. The minimum absolute atomic E-state index is 0. The summed E-state index contributed by atoms with van der Waals surface area (Å²) in [7, 11) is 1.57. The van der Waals surface area contributed by atoms with Gasteiger partial charge in [-0.1, -0.05) is 18.2 Å². The molecule has 0 saturated carbocycles. The van der Waals surface area contributed by atoms with Crippen LogP contribution >= 0.6 is 12.4 Å². The molecule has 0 aliphatic carbocycles. The number of rotatable bonds is 6. The second-order valence-electron chi connectivity index (χ2n) is 6.73. The van der Waals surface area contributed by atoms with Crippen molar-refractivity contribution < 1.29 is 18.7 Å². The zero-order chi connectivity index (χ0) is 20.2. The van der Waals surface area contributed by atoms with E-state index in [0.717, 1.165) is 17.0 Å². The number of aromatic nitrogens is 1. The van der Waals surface area contributed by atoms with E-state index in [1.165, 1.54) is 0 Å². The van der Waals surface area contributed by atoms with E-state index in [1.54, 1.807) is 30.2 Å². The van der Waals surface area contributed by atoms with Crippen LogP contribution in [0.5, 0.6) is 11.5 Å². The molecule has 0 saturated heterocycles. The van der Waals surface area contributed by atoms with Gasteiger partial charge in [-0.05, 0) is 24.3 Å². The third kappa shape index (κ3) is 4.42. The molecule has 1 aliphatic heterocycles. The summed E-state index contributed by atoms with van der Waals surface area (Å²) >= 11 is 0. The molecule has 2 N–H and O–H groups in total. The highest BCUT2D eigenvalue weighted by molar-refractivity contribution is 5.97. The van der Waals surface area contributed by atoms with E-state index in [0.29, 0.717) is 55.6 Å². The molecule has 1 aromatic heterocycles. The SMILES string of the molecule is COc1ccc(C(=O)N2CCc3oc(-c4ccccc4)nc3C2)c(OCCN)c1.Cl. The molecule has 8 heteroatoms. The van der Waals surface area contributed by atoms with Crippen molar-refractivity contribution >= 4 is 18.3 Å². The molecule has 0 unspecified atom stereocenters. The van der Waals surface area contributed by atoms with Crippen LogP contribution in [-0.2, 0) is 13.0 Å². The Morgan fingerprint density at radius 3 is 2.77 bits per heavy atom. The van der Waals surface area contributed by atoms with Crippen LogP contribution in [0.1, 0.15) is 21.8 Å². The zero-order valence-electron chi connectivity index (χ0n) is 16.7. The first kappa shape index (κ1) is 21.7. The van der Waals surface area contributed by atoms with Gasteiger partial charge in [0, 0.05) is 31.1 Å². The van der Waals surface area contributed by atoms with Gasteiger partial charge in [0.25, 0.3) is 5.91 Å². The molecule has 1 amide bonds. The van der Waals surface area contributed by atoms with E-state index < -0.39 is 0 Å². The van der Waals surface area contributed by atoms with E-state index in [9.17, 15) is 4.79 Å². The molecule has 7 nitrogen and oxygen atoms in total. The van der Waals surface area contributed by atoms with Crippen molar-refractivity contribution in [3.05, 3.63) is 65.5 Å². The lowest BCUT2D eigenvalue weighted by atomic mass is 10.1. The Morgan fingerprint density at radius 2 is 2.03 bits per heavy atom. The lowest BCUT2D eigenvalue weighted by molar-refractivity contribution is 0.0723. The van der Waals surface area contributed by atoms with Gasteiger partial charge in [-0.3, -0.25) is 4.79 Å². The predicted molar refractivity (Wildman–Crippen MR) is 115 cm³/mol. The van der Waals surface area contributed by atoms with Crippen LogP contribution in [0.3, 0.4) is 0 Å². The fourth-order valence-corrected chi connectivity index (χ4v) is 3.34. The summed E-state index contributed by atoms with van der Waals surface area (Å²) in [5.74, 6) is 2.40. The van der Waals surface area contributed by atoms with Gasteiger partial charge >= 0.3 is 0 Å². The summed E-state index contributed by atoms with van der Waals surface area (Å²) in [5, 5.41) is 0. The predicted octanol–water partition coefficient (Wildman–Crippen LogP) is 3.31. The number of oxazole rings is 1. The molecule has 2 aromatic carbocycles. The van der Waals surface area contributed by atoms with Gasteiger partial charge in [-0.15, -0.1) is 12.4 Å². The maximum Gasteiger partial charge on any atom is 0.257 e. The Bertz CT molecular complexity index is 1010. The fraction of sp³-hybridized carbons (Fsp3) is 0.273. The molecular formula is C22H24ClN3O4. The highest BCUT2D eigenvalue weighted by atomic mass is 35.5. The lowest BCUT2D eigenvalue weighted by Gasteiger charge is -2.26. The maximum absolute atomic E-state index is 13.2. The van der Waals surface area contributed by atoms with Crippen LogP contribution in [0.2, 0.25) is 0 Å². The van der Waals surface area contributed by atoms with Crippen LogP contribution in [0.15, 0.2) is 52.9 Å². The quantitative estimate of drug-likeness (QED) is 0.646. The standard InChI is InChI=1S/C22H23N3O4.ClH/c1-27-16-7-8-17(20(13-16)28-12-10-23)22(26)25-11-9-19-18(14-25)24-21(29-19)15-5-3-2-4-6-15;/h2-8,13H,9-12,14,23H2,1H3;1H. The minimum atomic E-state index is -0.116. The van der Waals surface area contributed by atoms with Crippen molar-refractivity contribution in [1.82, 2.24) is 9.88 Å². The van der Waals surface area contributed by atoms with Gasteiger partial charge in [0.15, 0.2) is 0 Å². The number of hydrogen-bond acceptors (Lipinski definition) is 6. The number of methoxy groups -OCH3 is 1. The first-order valence-corrected chi connectivity index (χ1v) is 9.53. The number of benzene rings is 2. The Kier molecular flexibility index (Phi) is 6.97. The number of hydrogen-bond donors (Lipinski definition) is 1. The Balaban J connectivity index is 0.00000256. The topological polar surface area (TPSA) is 90.8 Å². The number of amides is 1. The smallest absolute Gasteiger partial charge is 0.257 e. The lowest BCUT2D eigenvalue weighted by Crippen LogP contribution is -2.36. The van der Waals surface area contributed by atoms with Crippen molar-refractivity contribution in [1.29, 1.82) is 0 Å². The molecule has 30 heavy (non-hydrogen) atoms. The average molecular weight is 430 g/mol. The number of nitrogens with two attached hydrogens (primary N) is 1. The second-order valence-corrected chi connectivity index (χ2v) is 6.73. The fourth-order valence-electron chi connectivity index (χ4n) is 3.34. The Hall–Kier alpha value is -3.03. The Labute approximate surface area is 181 Å². The molecule has 3 aromatic rings. The molecule has 0 atom stereocenters. The molecule has 0 spiro atoms. The average Bonchev–Trinajstić information content (AvgIpc) is 3.21. The Morgan fingerprint density at radius 1 is 1.23 bits per heavy atom. The first-order valence-electron chi connectivity index (χ1n) is 9.53. The van der Waals surface area contributed by atoms with Crippen LogP contribution in [0.25, 0.3) is 11.5 Å². The van der Waals surface area contributed by atoms with Gasteiger partial charge in [-0.2, -0.15) is 0 Å². The van der Waals surface area contributed by atoms with Crippen LogP contribution < -0.4 is 15.2 Å². The third-order valence-electron chi connectivity index (χ3n) is 4.83. The van der Waals surface area contributed by atoms with Crippen molar-refractivity contribution in [2.24, 2.45) is 5.73 Å². The van der Waals surface area contributed by atoms with E-state index in [1.807, 2.05) is 30.3 Å². The molecule has 2 heterocycles. The molecule has 1 aliphatic rings. The molecule has 0 bridgehead atoms. The van der Waals surface area contributed by atoms with Gasteiger partial charge in [0.05, 0.1) is 19.2 Å². The van der Waals surface area contributed by atoms with Gasteiger partial charge < -0.3 is 24.5 Å². The number of halogens is 1. The van der Waals surface area contributed by atoms with Crippen LogP contribution in [0.4, 0.5) is 0 Å². The molecule has 4 rings (SSSR count). The molecular weight excluding hydrogens is 406 g/mol. The molecule has 158 valence electrons. The largest absolute Gasteiger partial charge is 0.497 e. The van der Waals surface area contributed by atoms with E-state index in [-0.39, 0.29) is 18.3 Å². The summed E-state index contributed by atoms with van der Waals surface area (Å²) in [6.07, 6.45) is 0.621. The second kappa shape index (κ2) is 9.65. The number of carbonyl (C=O) groups is 1. The molecule has 0 fully saturated rings. The van der Waals surface area contributed by atoms with Crippen molar-refractivity contribution in [2.45, 2.75) is 13.0 Å². The third-order valence-corrected chi connectivity index (χ3v) is 4.83. The van der Waals surface area contributed by atoms with Crippen molar-refractivity contribution in [3.8, 4) is 23.0 Å². The van der Waals surface area contributed by atoms with Crippen molar-refractivity contribution in [2.75, 3.05) is 26.8 Å². The number of ether oxygens (including phenoxy) is 2. The summed E-state index contributed by atoms with van der Waals surface area (Å²) in [6, 6.07) is 14.9. The first-order chi connectivity index (χ1) is 14.2. The number of nitrogens with zero attached hydrogens (tertiary/aromatic N) is 2. The summed E-state index contributed by atoms with van der Waals surface area (Å²) in [4.78, 5) is 19.6. The highest BCUT2D eigenvalue weighted by Gasteiger charge is 2.28. The summed E-state index contributed by atoms with van der Waals surface area (Å²) < 4.78 is 16.9. The van der Waals surface area contributed by atoms with Crippen molar-refractivity contribution in [3.63, 3.8) is 0 Å². The van der Waals surface area contributed by atoms with Crippen LogP contribution in [-0.4, -0.2) is 42.6 Å².